The molecule has 0 aliphatic rings. The van der Waals surface area contributed by atoms with Crippen LogP contribution in [0.25, 0.3) is 5.65 Å². The summed E-state index contributed by atoms with van der Waals surface area (Å²) in [4.78, 5) is 29.2. The number of carbonyl (C=O) groups is 1. The summed E-state index contributed by atoms with van der Waals surface area (Å²) in [6, 6.07) is 15.3. The Morgan fingerprint density at radius 3 is 2.57 bits per heavy atom. The van der Waals surface area contributed by atoms with Crippen molar-refractivity contribution >= 4 is 11.6 Å². The van der Waals surface area contributed by atoms with Crippen LogP contribution in [-0.4, -0.2) is 25.1 Å². The first-order chi connectivity index (χ1) is 14.5. The molecule has 0 atom stereocenters. The Morgan fingerprint density at radius 1 is 1.10 bits per heavy atom. The summed E-state index contributed by atoms with van der Waals surface area (Å²) in [5.74, 6) is 0.493. The second-order valence-electron chi connectivity index (χ2n) is 7.05. The maximum absolute atomic E-state index is 12.7. The van der Waals surface area contributed by atoms with Gasteiger partial charge in [-0.1, -0.05) is 36.4 Å². The van der Waals surface area contributed by atoms with Crippen LogP contribution in [0, 0.1) is 13.8 Å². The zero-order valence-corrected chi connectivity index (χ0v) is 16.7. The van der Waals surface area contributed by atoms with Gasteiger partial charge in [0.1, 0.15) is 12.3 Å². The summed E-state index contributed by atoms with van der Waals surface area (Å²) >= 11 is 0. The normalized spacial score (nSPS) is 10.9. The Balaban J connectivity index is 1.55. The smallest absolute Gasteiger partial charge is 0.351 e. The monoisotopic (exact) mass is 403 g/mol. The van der Waals surface area contributed by atoms with Gasteiger partial charge >= 0.3 is 5.69 Å². The van der Waals surface area contributed by atoms with Gasteiger partial charge in [-0.15, -0.1) is 5.10 Å². The van der Waals surface area contributed by atoms with Crippen molar-refractivity contribution < 1.29 is 9.53 Å². The summed E-state index contributed by atoms with van der Waals surface area (Å²) in [5, 5.41) is 7.06. The topological polar surface area (TPSA) is 90.5 Å². The predicted octanol–water partition coefficient (Wildman–Crippen LogP) is 2.62. The number of nitrogens with one attached hydrogen (secondary N) is 1. The third-order valence-electron chi connectivity index (χ3n) is 4.50. The highest BCUT2D eigenvalue weighted by atomic mass is 16.5. The molecule has 0 aliphatic heterocycles. The van der Waals surface area contributed by atoms with E-state index in [1.54, 1.807) is 0 Å². The van der Waals surface area contributed by atoms with E-state index in [4.69, 9.17) is 4.74 Å². The van der Waals surface area contributed by atoms with Gasteiger partial charge in [-0.05, 0) is 42.7 Å². The number of rotatable bonds is 6. The Kier molecular flexibility index (Phi) is 5.30. The highest BCUT2D eigenvalue weighted by Gasteiger charge is 2.15. The fraction of sp³-hybridized carbons (Fsp3) is 0.182. The van der Waals surface area contributed by atoms with E-state index in [9.17, 15) is 9.59 Å². The first-order valence-corrected chi connectivity index (χ1v) is 9.50. The third-order valence-corrected chi connectivity index (χ3v) is 4.50. The quantitative estimate of drug-likeness (QED) is 0.534. The van der Waals surface area contributed by atoms with Crippen molar-refractivity contribution in [3.8, 4) is 11.6 Å². The molecule has 2 aromatic heterocycles. The molecule has 0 bridgehead atoms. The van der Waals surface area contributed by atoms with Gasteiger partial charge in [0.2, 0.25) is 11.6 Å². The van der Waals surface area contributed by atoms with Crippen molar-refractivity contribution in [2.75, 3.05) is 0 Å². The molecule has 4 rings (SSSR count). The number of nitrogens with zero attached hydrogens (tertiary/aromatic N) is 4. The average Bonchev–Trinajstić information content (AvgIpc) is 3.03. The zero-order valence-electron chi connectivity index (χ0n) is 16.7. The minimum atomic E-state index is -0.437. The molecule has 8 heteroatoms. The number of benzene rings is 2. The van der Waals surface area contributed by atoms with Crippen molar-refractivity contribution in [2.24, 2.45) is 0 Å². The van der Waals surface area contributed by atoms with E-state index in [1.165, 1.54) is 16.8 Å². The van der Waals surface area contributed by atoms with Gasteiger partial charge in [0.15, 0.2) is 0 Å². The van der Waals surface area contributed by atoms with Crippen LogP contribution in [0.1, 0.15) is 16.7 Å². The molecule has 8 nitrogen and oxygen atoms in total. The van der Waals surface area contributed by atoms with Gasteiger partial charge in [0.05, 0.1) is 0 Å². The van der Waals surface area contributed by atoms with E-state index in [1.807, 2.05) is 62.4 Å². The molecule has 2 aromatic carbocycles. The molecular weight excluding hydrogens is 382 g/mol. The van der Waals surface area contributed by atoms with Crippen LogP contribution in [0.4, 0.5) is 0 Å². The minimum absolute atomic E-state index is 0.197. The Labute approximate surface area is 172 Å². The summed E-state index contributed by atoms with van der Waals surface area (Å²) in [7, 11) is 0. The standard InChI is InChI=1S/C22H21N5O3/c1-15-10-16(2)12-18(11-15)30-21-20-25-27(22(29)26(20)9-8-23-21)14-19(28)24-13-17-6-4-3-5-7-17/h3-12H,13-14H2,1-2H3,(H,24,28). The number of aryl methyl sites for hydroxylation is 2. The third kappa shape index (κ3) is 4.22. The molecule has 1 amide bonds. The molecule has 0 saturated heterocycles. The molecular formula is C22H21N5O3. The summed E-state index contributed by atoms with van der Waals surface area (Å²) < 4.78 is 8.30. The fourth-order valence-electron chi connectivity index (χ4n) is 3.19. The first kappa shape index (κ1) is 19.4. The lowest BCUT2D eigenvalue weighted by Gasteiger charge is -2.07. The maximum atomic E-state index is 12.7. The van der Waals surface area contributed by atoms with Crippen LogP contribution in [0.15, 0.2) is 65.7 Å². The molecule has 0 radical (unpaired) electrons. The van der Waals surface area contributed by atoms with Crippen LogP contribution in [0.5, 0.6) is 11.6 Å². The van der Waals surface area contributed by atoms with Gasteiger partial charge in [-0.25, -0.2) is 18.9 Å². The van der Waals surface area contributed by atoms with Crippen LogP contribution in [0.3, 0.4) is 0 Å². The maximum Gasteiger partial charge on any atom is 0.351 e. The molecule has 0 saturated carbocycles. The molecule has 0 unspecified atom stereocenters. The molecule has 4 aromatic rings. The van der Waals surface area contributed by atoms with Gasteiger partial charge in [-0.2, -0.15) is 0 Å². The fourth-order valence-corrected chi connectivity index (χ4v) is 3.19. The van der Waals surface area contributed by atoms with Crippen LogP contribution < -0.4 is 15.7 Å². The van der Waals surface area contributed by atoms with Crippen LogP contribution in [-0.2, 0) is 17.9 Å². The average molecular weight is 403 g/mol. The number of hydrogen-bond donors (Lipinski definition) is 1. The van der Waals surface area contributed by atoms with Crippen molar-refractivity contribution in [3.63, 3.8) is 0 Å². The van der Waals surface area contributed by atoms with Gasteiger partial charge in [0, 0.05) is 18.9 Å². The number of fused-ring (bicyclic) bond motifs is 1. The number of hydrogen-bond acceptors (Lipinski definition) is 5. The lowest BCUT2D eigenvalue weighted by Crippen LogP contribution is -2.32. The highest BCUT2D eigenvalue weighted by Crippen LogP contribution is 2.24. The van der Waals surface area contributed by atoms with Crippen molar-refractivity contribution in [1.29, 1.82) is 0 Å². The van der Waals surface area contributed by atoms with E-state index in [0.717, 1.165) is 21.4 Å². The molecule has 0 aliphatic carbocycles. The van der Waals surface area contributed by atoms with E-state index in [2.05, 4.69) is 15.4 Å². The Bertz CT molecular complexity index is 1240. The summed E-state index contributed by atoms with van der Waals surface area (Å²) in [6.45, 7) is 4.13. The largest absolute Gasteiger partial charge is 0.436 e. The lowest BCUT2D eigenvalue weighted by molar-refractivity contribution is -0.122. The van der Waals surface area contributed by atoms with Crippen molar-refractivity contribution in [2.45, 2.75) is 26.9 Å². The zero-order chi connectivity index (χ0) is 21.1. The molecule has 0 fully saturated rings. The SMILES string of the molecule is Cc1cc(C)cc(Oc2nccn3c(=O)n(CC(=O)NCc4ccccc4)nc23)c1. The van der Waals surface area contributed by atoms with E-state index in [-0.39, 0.29) is 24.0 Å². The van der Waals surface area contributed by atoms with Crippen molar-refractivity contribution in [1.82, 2.24) is 24.5 Å². The molecule has 2 heterocycles. The number of ether oxygens (including phenoxy) is 1. The van der Waals surface area contributed by atoms with E-state index >= 15 is 0 Å². The summed E-state index contributed by atoms with van der Waals surface area (Å²) in [5.41, 5.74) is 2.89. The molecule has 0 spiro atoms. The second-order valence-corrected chi connectivity index (χ2v) is 7.05. The molecule has 152 valence electrons. The highest BCUT2D eigenvalue weighted by molar-refractivity contribution is 5.75. The number of aromatic nitrogens is 4. The van der Waals surface area contributed by atoms with E-state index < -0.39 is 5.69 Å². The lowest BCUT2D eigenvalue weighted by atomic mass is 10.1. The second kappa shape index (κ2) is 8.20. The van der Waals surface area contributed by atoms with Gasteiger partial charge in [0.25, 0.3) is 5.88 Å². The van der Waals surface area contributed by atoms with Gasteiger partial charge < -0.3 is 10.1 Å². The van der Waals surface area contributed by atoms with Crippen molar-refractivity contribution in [3.05, 3.63) is 88.1 Å². The number of amides is 1. The van der Waals surface area contributed by atoms with Crippen LogP contribution in [0.2, 0.25) is 0 Å². The Morgan fingerprint density at radius 2 is 1.83 bits per heavy atom. The van der Waals surface area contributed by atoms with Gasteiger partial charge in [-0.3, -0.25) is 4.79 Å². The number of carbonyl (C=O) groups excluding carboxylic acids is 1. The van der Waals surface area contributed by atoms with E-state index in [0.29, 0.717) is 12.3 Å². The van der Waals surface area contributed by atoms with Crippen LogP contribution >= 0.6 is 0 Å². The minimum Gasteiger partial charge on any atom is -0.436 e. The summed E-state index contributed by atoms with van der Waals surface area (Å²) in [6.07, 6.45) is 2.96. The predicted molar refractivity (Wildman–Crippen MR) is 112 cm³/mol. The first-order valence-electron chi connectivity index (χ1n) is 9.50. The Hall–Kier alpha value is -3.94. The molecule has 30 heavy (non-hydrogen) atoms. The molecule has 1 N–H and O–H groups in total.